The fourth-order valence-corrected chi connectivity index (χ4v) is 5.74. The Hall–Kier alpha value is -2.19. The first-order valence-electron chi connectivity index (χ1n) is 12.1. The molecular formula is C26H35N3O3S. The molecule has 0 spiro atoms. The van der Waals surface area contributed by atoms with Gasteiger partial charge in [0.25, 0.3) is 0 Å². The Kier molecular flexibility index (Phi) is 8.56. The monoisotopic (exact) mass is 469 g/mol. The highest BCUT2D eigenvalue weighted by molar-refractivity contribution is 7.11. The van der Waals surface area contributed by atoms with E-state index in [9.17, 15) is 15.0 Å². The Morgan fingerprint density at radius 3 is 2.55 bits per heavy atom. The number of nitrogens with one attached hydrogen (secondary N) is 2. The standard InChI is InChI=1S/C26H35N3O3S/c30-23-12-10-21(22-11-13-25(32)28-26(22)23)24(31)18-27-14-4-6-19-8-9-20(33-19)7-5-17-29-15-2-1-3-16-29/h8-13,24,27,30-31H,1-7,14-18H2,(H,28,32). The van der Waals surface area contributed by atoms with E-state index in [1.54, 1.807) is 12.1 Å². The van der Waals surface area contributed by atoms with Crippen molar-refractivity contribution in [2.24, 2.45) is 0 Å². The number of phenolic OH excluding ortho intramolecular Hbond substituents is 1. The van der Waals surface area contributed by atoms with Crippen LogP contribution in [0.5, 0.6) is 5.75 Å². The van der Waals surface area contributed by atoms with Crippen molar-refractivity contribution in [3.63, 3.8) is 0 Å². The Bertz CT molecular complexity index is 1090. The predicted octanol–water partition coefficient (Wildman–Crippen LogP) is 3.97. The molecule has 0 amide bonds. The molecule has 1 unspecified atom stereocenters. The average molecular weight is 470 g/mol. The van der Waals surface area contributed by atoms with Crippen LogP contribution in [0.15, 0.2) is 41.2 Å². The molecule has 1 atom stereocenters. The smallest absolute Gasteiger partial charge is 0.248 e. The van der Waals surface area contributed by atoms with Gasteiger partial charge in [0.1, 0.15) is 5.75 Å². The highest BCUT2D eigenvalue weighted by Crippen LogP contribution is 2.28. The fraction of sp³-hybridized carbons (Fsp3) is 0.500. The predicted molar refractivity (Wildman–Crippen MR) is 135 cm³/mol. The lowest BCUT2D eigenvalue weighted by molar-refractivity contribution is 0.176. The maximum atomic E-state index is 11.6. The molecule has 1 fully saturated rings. The van der Waals surface area contributed by atoms with Crippen LogP contribution in [0, 0.1) is 0 Å². The van der Waals surface area contributed by atoms with Gasteiger partial charge in [0, 0.05) is 27.8 Å². The summed E-state index contributed by atoms with van der Waals surface area (Å²) in [5.74, 6) is 0.00780. The molecule has 3 heterocycles. The van der Waals surface area contributed by atoms with Crippen LogP contribution in [0.1, 0.15) is 53.5 Å². The molecule has 0 saturated carbocycles. The van der Waals surface area contributed by atoms with Gasteiger partial charge in [-0.15, -0.1) is 11.3 Å². The van der Waals surface area contributed by atoms with E-state index in [0.29, 0.717) is 23.0 Å². The van der Waals surface area contributed by atoms with Gasteiger partial charge in [0.05, 0.1) is 11.6 Å². The quantitative estimate of drug-likeness (QED) is 0.319. The zero-order valence-electron chi connectivity index (χ0n) is 19.2. The number of H-pyrrole nitrogens is 1. The van der Waals surface area contributed by atoms with Gasteiger partial charge in [0.15, 0.2) is 0 Å². The molecule has 7 heteroatoms. The SMILES string of the molecule is O=c1ccc2c(C(O)CNCCCc3ccc(CCCN4CCCCC4)s3)ccc(O)c2[nH]1. The molecule has 1 aliphatic heterocycles. The van der Waals surface area contributed by atoms with Crippen LogP contribution in [0.4, 0.5) is 0 Å². The number of aliphatic hydroxyl groups excluding tert-OH is 1. The van der Waals surface area contributed by atoms with E-state index in [-0.39, 0.29) is 11.3 Å². The number of hydrogen-bond donors (Lipinski definition) is 4. The Labute approximate surface area is 199 Å². The second kappa shape index (κ2) is 11.8. The molecule has 4 rings (SSSR count). The van der Waals surface area contributed by atoms with Crippen molar-refractivity contribution in [1.29, 1.82) is 0 Å². The maximum Gasteiger partial charge on any atom is 0.248 e. The second-order valence-electron chi connectivity index (χ2n) is 8.98. The summed E-state index contributed by atoms with van der Waals surface area (Å²) in [6.45, 7) is 5.03. The molecule has 1 aliphatic rings. The summed E-state index contributed by atoms with van der Waals surface area (Å²) in [6.07, 6.45) is 7.90. The van der Waals surface area contributed by atoms with Crippen molar-refractivity contribution in [2.45, 2.75) is 51.0 Å². The highest BCUT2D eigenvalue weighted by Gasteiger charge is 2.14. The number of fused-ring (bicyclic) bond motifs is 1. The Morgan fingerprint density at radius 1 is 1.00 bits per heavy atom. The highest BCUT2D eigenvalue weighted by atomic mass is 32.1. The first-order valence-corrected chi connectivity index (χ1v) is 13.0. The molecule has 178 valence electrons. The van der Waals surface area contributed by atoms with Gasteiger partial charge < -0.3 is 25.4 Å². The molecule has 1 aromatic carbocycles. The summed E-state index contributed by atoms with van der Waals surface area (Å²) in [7, 11) is 0. The lowest BCUT2D eigenvalue weighted by atomic mass is 10.0. The third-order valence-corrected chi connectivity index (χ3v) is 7.65. The molecule has 1 saturated heterocycles. The van der Waals surface area contributed by atoms with Gasteiger partial charge in [-0.2, -0.15) is 0 Å². The molecule has 6 nitrogen and oxygen atoms in total. The Morgan fingerprint density at radius 2 is 1.76 bits per heavy atom. The molecular weight excluding hydrogens is 434 g/mol. The van der Waals surface area contributed by atoms with Gasteiger partial charge in [-0.1, -0.05) is 12.5 Å². The number of aryl methyl sites for hydroxylation is 2. The lowest BCUT2D eigenvalue weighted by Gasteiger charge is -2.26. The lowest BCUT2D eigenvalue weighted by Crippen LogP contribution is -2.30. The minimum absolute atomic E-state index is 0.00780. The third kappa shape index (κ3) is 6.67. The third-order valence-electron chi connectivity index (χ3n) is 6.44. The number of thiophene rings is 1. The Balaban J connectivity index is 1.17. The van der Waals surface area contributed by atoms with E-state index in [2.05, 4.69) is 27.3 Å². The van der Waals surface area contributed by atoms with Gasteiger partial charge in [0.2, 0.25) is 5.56 Å². The van der Waals surface area contributed by atoms with Crippen LogP contribution < -0.4 is 10.9 Å². The van der Waals surface area contributed by atoms with E-state index in [1.165, 1.54) is 73.6 Å². The van der Waals surface area contributed by atoms with Crippen molar-refractivity contribution < 1.29 is 10.2 Å². The summed E-state index contributed by atoms with van der Waals surface area (Å²) in [5, 5.41) is 24.6. The van der Waals surface area contributed by atoms with E-state index < -0.39 is 6.10 Å². The van der Waals surface area contributed by atoms with Crippen LogP contribution in [0.2, 0.25) is 0 Å². The van der Waals surface area contributed by atoms with Crippen LogP contribution in [-0.4, -0.2) is 52.8 Å². The van der Waals surface area contributed by atoms with Crippen LogP contribution in [-0.2, 0) is 12.8 Å². The maximum absolute atomic E-state index is 11.6. The molecule has 0 aliphatic carbocycles. The second-order valence-corrected chi connectivity index (χ2v) is 10.2. The van der Waals surface area contributed by atoms with E-state index in [1.807, 2.05) is 11.3 Å². The summed E-state index contributed by atoms with van der Waals surface area (Å²) < 4.78 is 0. The number of aromatic nitrogens is 1. The minimum atomic E-state index is -0.716. The van der Waals surface area contributed by atoms with Gasteiger partial charge in [-0.05, 0) is 94.5 Å². The normalized spacial score (nSPS) is 15.8. The number of aromatic hydroxyl groups is 1. The van der Waals surface area contributed by atoms with Crippen LogP contribution in [0.25, 0.3) is 10.9 Å². The van der Waals surface area contributed by atoms with Gasteiger partial charge in [-0.25, -0.2) is 0 Å². The average Bonchev–Trinajstić information content (AvgIpc) is 3.27. The number of aromatic amines is 1. The number of aliphatic hydroxyl groups is 1. The topological polar surface area (TPSA) is 88.6 Å². The van der Waals surface area contributed by atoms with Gasteiger partial charge >= 0.3 is 0 Å². The van der Waals surface area contributed by atoms with Crippen molar-refractivity contribution in [1.82, 2.24) is 15.2 Å². The molecule has 3 aromatic rings. The number of hydrogen-bond acceptors (Lipinski definition) is 6. The molecule has 2 aromatic heterocycles. The summed E-state index contributed by atoms with van der Waals surface area (Å²) in [6, 6.07) is 10.8. The van der Waals surface area contributed by atoms with E-state index >= 15 is 0 Å². The first kappa shape index (κ1) is 24.0. The zero-order chi connectivity index (χ0) is 23.0. The van der Waals surface area contributed by atoms with Crippen molar-refractivity contribution in [3.8, 4) is 5.75 Å². The number of benzene rings is 1. The van der Waals surface area contributed by atoms with E-state index in [0.717, 1.165) is 19.4 Å². The minimum Gasteiger partial charge on any atom is -0.506 e. The molecule has 0 radical (unpaired) electrons. The number of nitrogens with zero attached hydrogens (tertiary/aromatic N) is 1. The van der Waals surface area contributed by atoms with Crippen LogP contribution >= 0.6 is 11.3 Å². The fourth-order valence-electron chi connectivity index (χ4n) is 4.64. The van der Waals surface area contributed by atoms with Crippen LogP contribution in [0.3, 0.4) is 0 Å². The summed E-state index contributed by atoms with van der Waals surface area (Å²) >= 11 is 1.94. The van der Waals surface area contributed by atoms with Crippen molar-refractivity contribution in [3.05, 3.63) is 62.1 Å². The van der Waals surface area contributed by atoms with Gasteiger partial charge in [-0.3, -0.25) is 4.79 Å². The largest absolute Gasteiger partial charge is 0.506 e. The summed E-state index contributed by atoms with van der Waals surface area (Å²) in [4.78, 5) is 19.7. The zero-order valence-corrected chi connectivity index (χ0v) is 20.0. The number of piperidine rings is 1. The summed E-state index contributed by atoms with van der Waals surface area (Å²) in [5.41, 5.74) is 0.781. The molecule has 0 bridgehead atoms. The van der Waals surface area contributed by atoms with Crippen molar-refractivity contribution in [2.75, 3.05) is 32.7 Å². The number of rotatable bonds is 11. The van der Waals surface area contributed by atoms with Crippen molar-refractivity contribution >= 4 is 22.2 Å². The van der Waals surface area contributed by atoms with E-state index in [4.69, 9.17) is 0 Å². The molecule has 33 heavy (non-hydrogen) atoms. The first-order chi connectivity index (χ1) is 16.1. The number of likely N-dealkylation sites (tertiary alicyclic amines) is 1. The molecule has 4 N–H and O–H groups in total. The number of phenols is 1. The number of pyridine rings is 1.